The molecule has 0 spiro atoms. The first-order chi connectivity index (χ1) is 16.5. The average Bonchev–Trinajstić information content (AvgIpc) is 3.29. The van der Waals surface area contributed by atoms with E-state index in [4.69, 9.17) is 0 Å². The van der Waals surface area contributed by atoms with E-state index in [2.05, 4.69) is 47.3 Å². The highest BCUT2D eigenvalue weighted by Crippen LogP contribution is 2.36. The molecule has 5 rings (SSSR count). The third kappa shape index (κ3) is 4.56. The molecule has 2 unspecified atom stereocenters. The number of hydrogen-bond acceptors (Lipinski definition) is 4. The SMILES string of the molecule is Cc1cc(NC(=O)C2CCCCC2C(=O)N2CCc3ccccc32)ccc1N1CCN(C)CC1. The predicted octanol–water partition coefficient (Wildman–Crippen LogP) is 4.08. The van der Waals surface area contributed by atoms with E-state index in [-0.39, 0.29) is 23.7 Å². The van der Waals surface area contributed by atoms with E-state index in [1.54, 1.807) is 0 Å². The molecule has 180 valence electrons. The van der Waals surface area contributed by atoms with Gasteiger partial charge in [0.15, 0.2) is 0 Å². The lowest BCUT2D eigenvalue weighted by Crippen LogP contribution is -2.44. The smallest absolute Gasteiger partial charge is 0.230 e. The third-order valence-electron chi connectivity index (χ3n) is 7.88. The number of fused-ring (bicyclic) bond motifs is 1. The van der Waals surface area contributed by atoms with Gasteiger partial charge in [-0.1, -0.05) is 31.0 Å². The summed E-state index contributed by atoms with van der Waals surface area (Å²) in [5, 5.41) is 3.15. The van der Waals surface area contributed by atoms with E-state index < -0.39 is 0 Å². The van der Waals surface area contributed by atoms with Crippen molar-refractivity contribution in [2.45, 2.75) is 39.0 Å². The Morgan fingerprint density at radius 1 is 0.882 bits per heavy atom. The lowest BCUT2D eigenvalue weighted by molar-refractivity contribution is -0.132. The highest BCUT2D eigenvalue weighted by atomic mass is 16.2. The maximum atomic E-state index is 13.6. The molecule has 1 N–H and O–H groups in total. The van der Waals surface area contributed by atoms with E-state index in [1.807, 2.05) is 29.2 Å². The largest absolute Gasteiger partial charge is 0.369 e. The van der Waals surface area contributed by atoms with Gasteiger partial charge in [0.2, 0.25) is 11.8 Å². The zero-order chi connectivity index (χ0) is 23.7. The van der Waals surface area contributed by atoms with Gasteiger partial charge in [-0.15, -0.1) is 0 Å². The van der Waals surface area contributed by atoms with Gasteiger partial charge in [0.1, 0.15) is 0 Å². The Hall–Kier alpha value is -2.86. The van der Waals surface area contributed by atoms with Gasteiger partial charge >= 0.3 is 0 Å². The summed E-state index contributed by atoms with van der Waals surface area (Å²) in [6.07, 6.45) is 4.46. The van der Waals surface area contributed by atoms with E-state index in [9.17, 15) is 9.59 Å². The minimum atomic E-state index is -0.272. The average molecular weight is 461 g/mol. The summed E-state index contributed by atoms with van der Waals surface area (Å²) in [6, 6.07) is 14.4. The maximum Gasteiger partial charge on any atom is 0.230 e. The van der Waals surface area contributed by atoms with Gasteiger partial charge in [-0.25, -0.2) is 0 Å². The Morgan fingerprint density at radius 3 is 2.38 bits per heavy atom. The van der Waals surface area contributed by atoms with Gasteiger partial charge in [-0.2, -0.15) is 0 Å². The fourth-order valence-corrected chi connectivity index (χ4v) is 5.88. The number of carbonyl (C=O) groups is 2. The summed E-state index contributed by atoms with van der Waals surface area (Å²) >= 11 is 0. The van der Waals surface area contributed by atoms with Crippen LogP contribution in [0.25, 0.3) is 0 Å². The standard InChI is InChI=1S/C28H36N4O2/c1-20-19-22(11-12-25(20)31-17-15-30(2)16-18-31)29-27(33)23-8-4-5-9-24(23)28(34)32-14-13-21-7-3-6-10-26(21)32/h3,6-7,10-12,19,23-24H,4-5,8-9,13-18H2,1-2H3,(H,29,33). The summed E-state index contributed by atoms with van der Waals surface area (Å²) < 4.78 is 0. The maximum absolute atomic E-state index is 13.6. The highest BCUT2D eigenvalue weighted by Gasteiger charge is 2.39. The Bertz CT molecular complexity index is 1060. The summed E-state index contributed by atoms with van der Waals surface area (Å²) in [4.78, 5) is 33.6. The van der Waals surface area contributed by atoms with Gasteiger partial charge in [-0.3, -0.25) is 9.59 Å². The summed E-state index contributed by atoms with van der Waals surface area (Å²) in [6.45, 7) is 7.01. The minimum Gasteiger partial charge on any atom is -0.369 e. The van der Waals surface area contributed by atoms with Crippen LogP contribution in [0, 0.1) is 18.8 Å². The zero-order valence-corrected chi connectivity index (χ0v) is 20.4. The molecule has 34 heavy (non-hydrogen) atoms. The van der Waals surface area contributed by atoms with Crippen LogP contribution in [0.3, 0.4) is 0 Å². The second-order valence-electron chi connectivity index (χ2n) is 10.1. The zero-order valence-electron chi connectivity index (χ0n) is 20.4. The number of para-hydroxylation sites is 1. The van der Waals surface area contributed by atoms with E-state index in [0.717, 1.165) is 76.2 Å². The molecule has 3 aliphatic rings. The van der Waals surface area contributed by atoms with Crippen LogP contribution in [0.4, 0.5) is 17.1 Å². The number of aryl methyl sites for hydroxylation is 1. The lowest BCUT2D eigenvalue weighted by atomic mass is 9.77. The molecule has 0 radical (unpaired) electrons. The second kappa shape index (κ2) is 9.79. The Labute approximate surface area is 202 Å². The van der Waals surface area contributed by atoms with Crippen molar-refractivity contribution in [1.82, 2.24) is 4.90 Å². The summed E-state index contributed by atoms with van der Waals surface area (Å²) in [5.41, 5.74) is 5.48. The van der Waals surface area contributed by atoms with Crippen LogP contribution in [0.1, 0.15) is 36.8 Å². The molecule has 2 aromatic carbocycles. The molecule has 0 aromatic heterocycles. The van der Waals surface area contributed by atoms with Crippen LogP contribution in [0.2, 0.25) is 0 Å². The van der Waals surface area contributed by atoms with Crippen molar-refractivity contribution < 1.29 is 9.59 Å². The van der Waals surface area contributed by atoms with Crippen LogP contribution >= 0.6 is 0 Å². The molecular formula is C28H36N4O2. The van der Waals surface area contributed by atoms with Crippen molar-refractivity contribution in [3.63, 3.8) is 0 Å². The normalized spacial score (nSPS) is 23.0. The molecule has 2 atom stereocenters. The number of hydrogen-bond donors (Lipinski definition) is 1. The van der Waals surface area contributed by atoms with Crippen LogP contribution in [0.15, 0.2) is 42.5 Å². The van der Waals surface area contributed by atoms with Crippen molar-refractivity contribution in [2.24, 2.45) is 11.8 Å². The van der Waals surface area contributed by atoms with Crippen LogP contribution in [0.5, 0.6) is 0 Å². The third-order valence-corrected chi connectivity index (χ3v) is 7.88. The molecule has 1 saturated heterocycles. The quantitative estimate of drug-likeness (QED) is 0.747. The molecule has 6 heteroatoms. The topological polar surface area (TPSA) is 55.9 Å². The second-order valence-corrected chi connectivity index (χ2v) is 10.1. The molecule has 2 amide bonds. The number of anilines is 3. The van der Waals surface area contributed by atoms with Crippen molar-refractivity contribution in [3.8, 4) is 0 Å². The molecule has 1 aliphatic carbocycles. The van der Waals surface area contributed by atoms with Gasteiger partial charge in [0, 0.05) is 55.7 Å². The molecule has 2 fully saturated rings. The van der Waals surface area contributed by atoms with Crippen molar-refractivity contribution in [3.05, 3.63) is 53.6 Å². The molecule has 0 bridgehead atoms. The number of carbonyl (C=O) groups excluding carboxylic acids is 2. The molecule has 1 saturated carbocycles. The van der Waals surface area contributed by atoms with E-state index in [0.29, 0.717) is 0 Å². The highest BCUT2D eigenvalue weighted by molar-refractivity contribution is 6.02. The Kier molecular flexibility index (Phi) is 6.59. The van der Waals surface area contributed by atoms with E-state index >= 15 is 0 Å². The molecule has 2 heterocycles. The molecule has 2 aromatic rings. The van der Waals surface area contributed by atoms with Crippen molar-refractivity contribution in [1.29, 1.82) is 0 Å². The van der Waals surface area contributed by atoms with Crippen LogP contribution in [-0.2, 0) is 16.0 Å². The fraction of sp³-hybridized carbons (Fsp3) is 0.500. The number of amides is 2. The minimum absolute atomic E-state index is 0.0164. The fourth-order valence-electron chi connectivity index (χ4n) is 5.88. The molecule has 2 aliphatic heterocycles. The van der Waals surface area contributed by atoms with Gasteiger partial charge in [0.25, 0.3) is 0 Å². The van der Waals surface area contributed by atoms with Crippen molar-refractivity contribution >= 4 is 28.9 Å². The van der Waals surface area contributed by atoms with Crippen LogP contribution < -0.4 is 15.1 Å². The monoisotopic (exact) mass is 460 g/mol. The summed E-state index contributed by atoms with van der Waals surface area (Å²) in [7, 11) is 2.16. The Balaban J connectivity index is 1.28. The number of benzene rings is 2. The lowest BCUT2D eigenvalue weighted by Gasteiger charge is -2.35. The first kappa shape index (κ1) is 22.9. The van der Waals surface area contributed by atoms with Gasteiger partial charge in [0.05, 0.1) is 5.92 Å². The van der Waals surface area contributed by atoms with Gasteiger partial charge in [-0.05, 0) is 68.6 Å². The van der Waals surface area contributed by atoms with Gasteiger partial charge < -0.3 is 20.0 Å². The first-order valence-corrected chi connectivity index (χ1v) is 12.8. The summed E-state index contributed by atoms with van der Waals surface area (Å²) in [5.74, 6) is -0.416. The number of rotatable bonds is 4. The van der Waals surface area contributed by atoms with E-state index in [1.165, 1.54) is 16.8 Å². The predicted molar refractivity (Wildman–Crippen MR) is 137 cm³/mol. The first-order valence-electron chi connectivity index (χ1n) is 12.8. The molecule has 6 nitrogen and oxygen atoms in total. The Morgan fingerprint density at radius 2 is 1.62 bits per heavy atom. The number of piperazine rings is 1. The number of likely N-dealkylation sites (N-methyl/N-ethyl adjacent to an activating group) is 1. The number of nitrogens with zero attached hydrogens (tertiary/aromatic N) is 3. The van der Waals surface area contributed by atoms with Crippen LogP contribution in [-0.4, -0.2) is 56.5 Å². The molecular weight excluding hydrogens is 424 g/mol. The number of nitrogens with one attached hydrogen (secondary N) is 1. The van der Waals surface area contributed by atoms with Crippen molar-refractivity contribution in [2.75, 3.05) is 54.9 Å².